The highest BCUT2D eigenvalue weighted by molar-refractivity contribution is 7.98. The lowest BCUT2D eigenvalue weighted by molar-refractivity contribution is -0.139. The van der Waals surface area contributed by atoms with Crippen molar-refractivity contribution in [2.75, 3.05) is 38.2 Å². The van der Waals surface area contributed by atoms with Gasteiger partial charge in [-0.15, -0.1) is 0 Å². The summed E-state index contributed by atoms with van der Waals surface area (Å²) in [5.74, 6) is -0.244. The van der Waals surface area contributed by atoms with E-state index in [2.05, 4.69) is 24.1 Å². The molecule has 1 fully saturated rings. The van der Waals surface area contributed by atoms with Crippen LogP contribution in [-0.2, 0) is 4.79 Å². The monoisotopic (exact) mass is 303 g/mol. The van der Waals surface area contributed by atoms with Gasteiger partial charge in [0.1, 0.15) is 6.04 Å². The summed E-state index contributed by atoms with van der Waals surface area (Å²) in [4.78, 5) is 27.2. The zero-order chi connectivity index (χ0) is 15.1. The minimum Gasteiger partial charge on any atom is -0.480 e. The molecule has 0 saturated carbocycles. The fraction of sp³-hybridized carbons (Fsp3) is 0.846. The summed E-state index contributed by atoms with van der Waals surface area (Å²) in [7, 11) is 0. The minimum atomic E-state index is -0.965. The van der Waals surface area contributed by atoms with Crippen molar-refractivity contribution in [1.82, 2.24) is 15.1 Å². The average Bonchev–Trinajstić information content (AvgIpc) is 2.42. The van der Waals surface area contributed by atoms with Gasteiger partial charge in [0.25, 0.3) is 0 Å². The first-order valence-electron chi connectivity index (χ1n) is 6.97. The van der Waals surface area contributed by atoms with Crippen LogP contribution >= 0.6 is 11.8 Å². The molecule has 0 bridgehead atoms. The van der Waals surface area contributed by atoms with Crippen molar-refractivity contribution in [2.24, 2.45) is 0 Å². The van der Waals surface area contributed by atoms with Crippen LogP contribution in [0.4, 0.5) is 4.79 Å². The first-order valence-corrected chi connectivity index (χ1v) is 8.36. The number of piperazine rings is 1. The van der Waals surface area contributed by atoms with E-state index in [0.717, 1.165) is 18.8 Å². The van der Waals surface area contributed by atoms with E-state index >= 15 is 0 Å². The Balaban J connectivity index is 2.43. The zero-order valence-electron chi connectivity index (χ0n) is 12.5. The molecule has 0 aromatic carbocycles. The number of carboxylic acids is 1. The molecule has 0 radical (unpaired) electrons. The molecule has 1 aliphatic heterocycles. The van der Waals surface area contributed by atoms with Crippen LogP contribution in [0.3, 0.4) is 0 Å². The number of hydrogen-bond acceptors (Lipinski definition) is 4. The molecule has 1 atom stereocenters. The topological polar surface area (TPSA) is 72.9 Å². The second kappa shape index (κ2) is 8.36. The Morgan fingerprint density at radius 1 is 1.25 bits per heavy atom. The molecule has 1 rings (SSSR count). The molecule has 7 heteroatoms. The van der Waals surface area contributed by atoms with Gasteiger partial charge in [0, 0.05) is 32.2 Å². The highest BCUT2D eigenvalue weighted by atomic mass is 32.2. The van der Waals surface area contributed by atoms with Crippen molar-refractivity contribution in [3.63, 3.8) is 0 Å². The zero-order valence-corrected chi connectivity index (χ0v) is 13.3. The molecule has 0 spiro atoms. The highest BCUT2D eigenvalue weighted by Gasteiger charge is 2.26. The van der Waals surface area contributed by atoms with E-state index in [1.165, 1.54) is 0 Å². The Morgan fingerprint density at radius 3 is 2.30 bits per heavy atom. The van der Waals surface area contributed by atoms with E-state index in [1.54, 1.807) is 16.7 Å². The number of carboxylic acid groups (broad SMARTS) is 1. The molecular formula is C13H25N3O3S. The molecule has 1 heterocycles. The first kappa shape index (κ1) is 17.1. The molecule has 2 amide bonds. The molecule has 1 aliphatic rings. The van der Waals surface area contributed by atoms with Crippen LogP contribution in [0.2, 0.25) is 0 Å². The van der Waals surface area contributed by atoms with Crippen LogP contribution in [0.25, 0.3) is 0 Å². The molecule has 116 valence electrons. The van der Waals surface area contributed by atoms with E-state index < -0.39 is 12.0 Å². The van der Waals surface area contributed by atoms with Crippen LogP contribution in [-0.4, -0.2) is 77.2 Å². The normalized spacial score (nSPS) is 18.1. The van der Waals surface area contributed by atoms with Crippen molar-refractivity contribution < 1.29 is 14.7 Å². The SMILES string of the molecule is CSCC[C@@H](NC(=O)N1CCN(C(C)C)CC1)C(=O)O. The second-order valence-electron chi connectivity index (χ2n) is 5.24. The Bertz CT molecular complexity index is 331. The number of amides is 2. The molecule has 6 nitrogen and oxygen atoms in total. The molecule has 2 N–H and O–H groups in total. The van der Waals surface area contributed by atoms with Gasteiger partial charge < -0.3 is 15.3 Å². The molecule has 1 saturated heterocycles. The molecular weight excluding hydrogens is 278 g/mol. The van der Waals surface area contributed by atoms with Gasteiger partial charge in [0.05, 0.1) is 0 Å². The van der Waals surface area contributed by atoms with Crippen LogP contribution in [0, 0.1) is 0 Å². The maximum absolute atomic E-state index is 12.1. The minimum absolute atomic E-state index is 0.262. The number of carbonyl (C=O) groups is 2. The third-order valence-corrected chi connectivity index (χ3v) is 4.18. The standard InChI is InChI=1S/C13H25N3O3S/c1-10(2)15-5-7-16(8-6-15)13(19)14-11(12(17)18)4-9-20-3/h10-11H,4-9H2,1-3H3,(H,14,19)(H,17,18)/t11-/m1/s1. The Morgan fingerprint density at radius 2 is 1.85 bits per heavy atom. The fourth-order valence-corrected chi connectivity index (χ4v) is 2.65. The van der Waals surface area contributed by atoms with Gasteiger partial charge in [-0.1, -0.05) is 0 Å². The van der Waals surface area contributed by atoms with Gasteiger partial charge >= 0.3 is 12.0 Å². The maximum Gasteiger partial charge on any atom is 0.326 e. The number of nitrogens with zero attached hydrogens (tertiary/aromatic N) is 2. The number of aliphatic carboxylic acids is 1. The maximum atomic E-state index is 12.1. The van der Waals surface area contributed by atoms with Crippen LogP contribution < -0.4 is 5.32 Å². The molecule has 0 aromatic heterocycles. The summed E-state index contributed by atoms with van der Waals surface area (Å²) in [6.07, 6.45) is 2.38. The fourth-order valence-electron chi connectivity index (χ4n) is 2.17. The average molecular weight is 303 g/mol. The lowest BCUT2D eigenvalue weighted by Crippen LogP contribution is -2.55. The van der Waals surface area contributed by atoms with E-state index in [1.807, 2.05) is 6.26 Å². The van der Waals surface area contributed by atoms with Crippen molar-refractivity contribution in [2.45, 2.75) is 32.4 Å². The van der Waals surface area contributed by atoms with Gasteiger partial charge in [-0.25, -0.2) is 9.59 Å². The number of urea groups is 1. The lowest BCUT2D eigenvalue weighted by Gasteiger charge is -2.37. The predicted octanol–water partition coefficient (Wildman–Crippen LogP) is 0.928. The third-order valence-electron chi connectivity index (χ3n) is 3.54. The van der Waals surface area contributed by atoms with Gasteiger partial charge in [0.2, 0.25) is 0 Å². The van der Waals surface area contributed by atoms with Crippen LogP contribution in [0.15, 0.2) is 0 Å². The molecule has 0 aromatic rings. The Labute approximate surface area is 124 Å². The summed E-state index contributed by atoms with van der Waals surface area (Å²) in [6, 6.07) is -0.575. The summed E-state index contributed by atoms with van der Waals surface area (Å²) < 4.78 is 0. The summed E-state index contributed by atoms with van der Waals surface area (Å²) >= 11 is 1.58. The largest absolute Gasteiger partial charge is 0.480 e. The van der Waals surface area contributed by atoms with Crippen molar-refractivity contribution >= 4 is 23.8 Å². The Kier molecular flexibility index (Phi) is 7.15. The van der Waals surface area contributed by atoms with Gasteiger partial charge in [-0.2, -0.15) is 11.8 Å². The van der Waals surface area contributed by atoms with E-state index in [4.69, 9.17) is 5.11 Å². The number of rotatable bonds is 6. The van der Waals surface area contributed by atoms with Crippen molar-refractivity contribution in [3.8, 4) is 0 Å². The number of thioether (sulfide) groups is 1. The number of nitrogens with one attached hydrogen (secondary N) is 1. The molecule has 0 aliphatic carbocycles. The summed E-state index contributed by atoms with van der Waals surface area (Å²) in [6.45, 7) is 7.26. The van der Waals surface area contributed by atoms with Crippen LogP contribution in [0.1, 0.15) is 20.3 Å². The van der Waals surface area contributed by atoms with Crippen LogP contribution in [0.5, 0.6) is 0 Å². The summed E-state index contributed by atoms with van der Waals surface area (Å²) in [5, 5.41) is 11.7. The predicted molar refractivity (Wildman–Crippen MR) is 81.2 cm³/mol. The van der Waals surface area contributed by atoms with Crippen molar-refractivity contribution in [1.29, 1.82) is 0 Å². The number of hydrogen-bond donors (Lipinski definition) is 2. The second-order valence-corrected chi connectivity index (χ2v) is 6.22. The van der Waals surface area contributed by atoms with E-state index in [0.29, 0.717) is 25.6 Å². The van der Waals surface area contributed by atoms with E-state index in [-0.39, 0.29) is 6.03 Å². The quantitative estimate of drug-likeness (QED) is 0.763. The van der Waals surface area contributed by atoms with Gasteiger partial charge in [0.15, 0.2) is 0 Å². The van der Waals surface area contributed by atoms with Crippen molar-refractivity contribution in [3.05, 3.63) is 0 Å². The smallest absolute Gasteiger partial charge is 0.326 e. The number of carbonyl (C=O) groups excluding carboxylic acids is 1. The van der Waals surface area contributed by atoms with Gasteiger partial charge in [-0.05, 0) is 32.3 Å². The molecule has 20 heavy (non-hydrogen) atoms. The lowest BCUT2D eigenvalue weighted by atomic mass is 10.2. The Hall–Kier alpha value is -0.950. The highest BCUT2D eigenvalue weighted by Crippen LogP contribution is 2.07. The summed E-state index contributed by atoms with van der Waals surface area (Å²) in [5.41, 5.74) is 0. The van der Waals surface area contributed by atoms with Gasteiger partial charge in [-0.3, -0.25) is 4.90 Å². The first-order chi connectivity index (χ1) is 9.45. The third kappa shape index (κ3) is 5.20. The van der Waals surface area contributed by atoms with E-state index in [9.17, 15) is 9.59 Å². The molecule has 0 unspecified atom stereocenters.